The molecule has 2 N–H and O–H groups in total. The topological polar surface area (TPSA) is 173 Å². The summed E-state index contributed by atoms with van der Waals surface area (Å²) in [6.07, 6.45) is 17.2. The first-order valence-electron chi connectivity index (χ1n) is 13.3. The predicted octanol–water partition coefficient (Wildman–Crippen LogP) is 1.21. The van der Waals surface area contributed by atoms with Crippen LogP contribution in [0.25, 0.3) is 0 Å². The number of hydrogen-bond donors (Lipinski definition) is 2. The summed E-state index contributed by atoms with van der Waals surface area (Å²) in [5.41, 5.74) is 0. The van der Waals surface area contributed by atoms with Gasteiger partial charge in [0.25, 0.3) is 0 Å². The Hall–Kier alpha value is 0.0197. The minimum atomic E-state index is -3.45. The van der Waals surface area contributed by atoms with Gasteiger partial charge in [-0.25, -0.2) is 26.3 Å². The van der Waals surface area contributed by atoms with E-state index in [0.717, 1.165) is 38.5 Å². The Morgan fingerprint density at radius 2 is 0.757 bits per heavy atom. The van der Waals surface area contributed by atoms with Crippen molar-refractivity contribution < 1.29 is 36.6 Å². The molecule has 0 unspecified atom stereocenters. The van der Waals surface area contributed by atoms with Gasteiger partial charge in [0.05, 0.1) is 36.5 Å². The molecule has 0 aromatic heterocycles. The Kier molecular flexibility index (Phi) is 30.9. The van der Waals surface area contributed by atoms with E-state index in [4.69, 9.17) is 0 Å². The van der Waals surface area contributed by atoms with Crippen LogP contribution in [0.15, 0.2) is 0 Å². The first kappa shape index (κ1) is 41.5. The van der Waals surface area contributed by atoms with Crippen LogP contribution >= 0.6 is 0 Å². The second-order valence-corrected chi connectivity index (χ2v) is 12.8. The summed E-state index contributed by atoms with van der Waals surface area (Å²) in [6, 6.07) is 0. The Morgan fingerprint density at radius 3 is 1.00 bits per heavy atom. The molecule has 0 saturated heterocycles. The second kappa shape index (κ2) is 27.6. The third-order valence-corrected chi connectivity index (χ3v) is 8.23. The fourth-order valence-electron chi connectivity index (χ4n) is 3.33. The third-order valence-electron chi connectivity index (χ3n) is 5.41. The van der Waals surface area contributed by atoms with Crippen molar-refractivity contribution in [1.82, 2.24) is 9.44 Å². The summed E-state index contributed by atoms with van der Waals surface area (Å²) < 4.78 is 49.2. The molecule has 0 radical (unpaired) electrons. The van der Waals surface area contributed by atoms with Crippen molar-refractivity contribution in [1.29, 1.82) is 0 Å². The van der Waals surface area contributed by atoms with Gasteiger partial charge in [0, 0.05) is 0 Å². The number of hydrogen-bond acceptors (Lipinski definition) is 8. The maximum Gasteiger partial charge on any atom is 2.00 e. The minimum Gasteiger partial charge on any atom is -0.549 e. The molecule has 0 amide bonds. The zero-order valence-corrected chi connectivity index (χ0v) is 26.8. The molecule has 216 valence electrons. The average Bonchev–Trinajstić information content (AvgIpc) is 2.80. The number of nitrogens with one attached hydrogen (secondary N) is 2. The predicted molar refractivity (Wildman–Crippen MR) is 145 cm³/mol. The van der Waals surface area contributed by atoms with E-state index in [1.807, 2.05) is 9.44 Å². The van der Waals surface area contributed by atoms with Crippen LogP contribution in [-0.4, -0.2) is 91.1 Å². The third kappa shape index (κ3) is 36.0. The van der Waals surface area contributed by atoms with E-state index in [0.29, 0.717) is 12.8 Å². The van der Waals surface area contributed by atoms with Gasteiger partial charge in [-0.2, -0.15) is 0 Å². The standard InChI is InChI=1S/2C12H25NO4S.Ca/c2*1-2-3-4-5-6-7-8-9-10-18(16,17)13-11-12(14)15;/h2*13H,2-11H2,1H3,(H,14,15);/q;;+2/p-2. The number of aliphatic carboxylic acids is 2. The largest absolute Gasteiger partial charge is 2.00 e. The van der Waals surface area contributed by atoms with E-state index in [1.165, 1.54) is 51.4 Å². The fourth-order valence-corrected chi connectivity index (χ4v) is 5.47. The van der Waals surface area contributed by atoms with Gasteiger partial charge >= 0.3 is 37.7 Å². The smallest absolute Gasteiger partial charge is 0.549 e. The molecule has 0 spiro atoms. The SMILES string of the molecule is CCCCCCCCCCS(=O)(=O)NCC(=O)[O-].CCCCCCCCCCS(=O)(=O)NCC(=O)[O-].[Ca+2]. The zero-order valence-electron chi connectivity index (χ0n) is 22.9. The number of carboxylic acids is 2. The van der Waals surface area contributed by atoms with Crippen molar-refractivity contribution in [3.63, 3.8) is 0 Å². The average molecular weight is 597 g/mol. The van der Waals surface area contributed by atoms with E-state index >= 15 is 0 Å². The van der Waals surface area contributed by atoms with Crippen LogP contribution in [-0.2, 0) is 29.6 Å². The summed E-state index contributed by atoms with van der Waals surface area (Å²) in [5.74, 6) is -2.83. The number of unbranched alkanes of at least 4 members (excludes halogenated alkanes) is 14. The Labute approximate surface area is 255 Å². The second-order valence-electron chi connectivity index (χ2n) is 8.97. The molecule has 0 rings (SSSR count). The van der Waals surface area contributed by atoms with Crippen molar-refractivity contribution in [2.45, 2.75) is 117 Å². The molecule has 0 heterocycles. The number of carboxylic acid groups (broad SMARTS) is 2. The van der Waals surface area contributed by atoms with Crippen LogP contribution in [0.1, 0.15) is 117 Å². The summed E-state index contributed by atoms with van der Waals surface area (Å²) >= 11 is 0. The van der Waals surface area contributed by atoms with Crippen molar-refractivity contribution >= 4 is 69.7 Å². The maximum atomic E-state index is 11.3. The van der Waals surface area contributed by atoms with Gasteiger partial charge in [-0.1, -0.05) is 104 Å². The number of rotatable bonds is 24. The van der Waals surface area contributed by atoms with Gasteiger partial charge in [0.1, 0.15) is 0 Å². The van der Waals surface area contributed by atoms with Crippen molar-refractivity contribution in [3.8, 4) is 0 Å². The summed E-state index contributed by atoms with van der Waals surface area (Å²) in [7, 11) is -6.90. The Balaban J connectivity index is -0.000000608. The summed E-state index contributed by atoms with van der Waals surface area (Å²) in [4.78, 5) is 20.2. The first-order valence-corrected chi connectivity index (χ1v) is 16.6. The molecule has 0 fully saturated rings. The van der Waals surface area contributed by atoms with Gasteiger partial charge in [0.2, 0.25) is 20.0 Å². The van der Waals surface area contributed by atoms with Gasteiger partial charge in [0.15, 0.2) is 0 Å². The zero-order chi connectivity index (χ0) is 27.7. The molecule has 0 aromatic carbocycles. The molecule has 0 aromatic rings. The first-order chi connectivity index (χ1) is 17.0. The van der Waals surface area contributed by atoms with Crippen molar-refractivity contribution in [2.75, 3.05) is 24.6 Å². The number of sulfonamides is 2. The van der Waals surface area contributed by atoms with Gasteiger partial charge in [-0.05, 0) is 12.8 Å². The summed E-state index contributed by atoms with van der Waals surface area (Å²) in [6.45, 7) is 3.06. The van der Waals surface area contributed by atoms with Crippen LogP contribution in [0.5, 0.6) is 0 Å². The van der Waals surface area contributed by atoms with Gasteiger partial charge < -0.3 is 19.8 Å². The Morgan fingerprint density at radius 1 is 0.514 bits per heavy atom. The van der Waals surface area contributed by atoms with Gasteiger partial charge in [-0.3, -0.25) is 0 Å². The quantitative estimate of drug-likeness (QED) is 0.124. The molecule has 37 heavy (non-hydrogen) atoms. The Bertz CT molecular complexity index is 699. The van der Waals surface area contributed by atoms with Gasteiger partial charge in [-0.15, -0.1) is 0 Å². The van der Waals surface area contributed by atoms with E-state index in [9.17, 15) is 36.6 Å². The van der Waals surface area contributed by atoms with Crippen LogP contribution in [0, 0.1) is 0 Å². The van der Waals surface area contributed by atoms with Crippen LogP contribution in [0.4, 0.5) is 0 Å². The molecule has 0 aliphatic heterocycles. The molecule has 0 aliphatic carbocycles. The van der Waals surface area contributed by atoms with Crippen LogP contribution in [0.2, 0.25) is 0 Å². The normalized spacial score (nSPS) is 11.3. The minimum absolute atomic E-state index is 0. The molecular weight excluding hydrogens is 548 g/mol. The van der Waals surface area contributed by atoms with E-state index in [1.54, 1.807) is 0 Å². The molecule has 0 saturated carbocycles. The number of carbonyl (C=O) groups is 2. The molecule has 0 aliphatic rings. The number of carbonyl (C=O) groups excluding carboxylic acids is 2. The molecule has 0 bridgehead atoms. The van der Waals surface area contributed by atoms with Crippen LogP contribution < -0.4 is 19.7 Å². The fraction of sp³-hybridized carbons (Fsp3) is 0.917. The van der Waals surface area contributed by atoms with Crippen molar-refractivity contribution in [3.05, 3.63) is 0 Å². The molecule has 13 heteroatoms. The molecule has 0 atom stereocenters. The molecular formula is C24H48CaN2O8S2. The monoisotopic (exact) mass is 596 g/mol. The summed E-state index contributed by atoms with van der Waals surface area (Å²) in [5, 5.41) is 20.2. The van der Waals surface area contributed by atoms with Crippen molar-refractivity contribution in [2.24, 2.45) is 0 Å². The molecule has 10 nitrogen and oxygen atoms in total. The van der Waals surface area contributed by atoms with E-state index in [2.05, 4.69) is 13.8 Å². The van der Waals surface area contributed by atoms with E-state index in [-0.39, 0.29) is 49.2 Å². The van der Waals surface area contributed by atoms with E-state index < -0.39 is 45.1 Å². The van der Waals surface area contributed by atoms with Crippen LogP contribution in [0.3, 0.4) is 0 Å². The maximum absolute atomic E-state index is 11.3.